The summed E-state index contributed by atoms with van der Waals surface area (Å²) in [6.07, 6.45) is 0.400. The monoisotopic (exact) mass is 451 g/mol. The van der Waals surface area contributed by atoms with Crippen LogP contribution in [0.25, 0.3) is 5.32 Å². The van der Waals surface area contributed by atoms with Crippen LogP contribution in [0.3, 0.4) is 0 Å². The van der Waals surface area contributed by atoms with Gasteiger partial charge in [0.25, 0.3) is 0 Å². The Morgan fingerprint density at radius 2 is 1.59 bits per heavy atom. The van der Waals surface area contributed by atoms with Gasteiger partial charge in [0.1, 0.15) is 11.6 Å². The van der Waals surface area contributed by atoms with Gasteiger partial charge in [-0.1, -0.05) is 43.7 Å². The molecule has 0 aromatic heterocycles. The number of carbonyl (C=O) groups is 2. The number of carbonyl (C=O) groups excluding carboxylic acids is 2. The first-order chi connectivity index (χ1) is 11.4. The summed E-state index contributed by atoms with van der Waals surface area (Å²) < 4.78 is 5.55. The number of aryl methyl sites for hydroxylation is 1. The molecular weight excluding hydrogens is 417 g/mol. The third-order valence-corrected chi connectivity index (χ3v) is 4.10. The second-order valence-corrected chi connectivity index (χ2v) is 7.94. The molecule has 0 spiro atoms. The molecular formula is C21H34N2O3Y-2. The van der Waals surface area contributed by atoms with E-state index in [0.717, 1.165) is 11.1 Å². The molecule has 6 heteroatoms. The molecule has 0 N–H and O–H groups in total. The van der Waals surface area contributed by atoms with Crippen molar-refractivity contribution in [2.24, 2.45) is 0 Å². The topological polar surface area (TPSA) is 60.7 Å². The van der Waals surface area contributed by atoms with Gasteiger partial charge in [-0.05, 0) is 38.8 Å². The first-order valence-electron chi connectivity index (χ1n) is 8.54. The van der Waals surface area contributed by atoms with Crippen LogP contribution in [0.5, 0.6) is 0 Å². The average molecular weight is 451 g/mol. The molecule has 151 valence electrons. The molecule has 1 radical (unpaired) electrons. The normalized spacial score (nSPS) is 12.3. The Bertz CT molecular complexity index is 607. The van der Waals surface area contributed by atoms with Gasteiger partial charge in [-0.2, -0.15) is 7.05 Å². The molecule has 0 aliphatic heterocycles. The third-order valence-electron chi connectivity index (χ3n) is 4.10. The zero-order valence-corrected chi connectivity index (χ0v) is 21.1. The van der Waals surface area contributed by atoms with Crippen LogP contribution >= 0.6 is 0 Å². The summed E-state index contributed by atoms with van der Waals surface area (Å²) in [6.45, 7) is 11.0. The fraction of sp³-hybridized carbons (Fsp3) is 0.571. The number of ether oxygens (including phenoxy) is 1. The number of esters is 1. The fourth-order valence-corrected chi connectivity index (χ4v) is 2.36. The van der Waals surface area contributed by atoms with Crippen LogP contribution in [0.15, 0.2) is 24.3 Å². The van der Waals surface area contributed by atoms with Crippen LogP contribution in [-0.4, -0.2) is 48.1 Å². The van der Waals surface area contributed by atoms with Crippen molar-refractivity contribution in [2.45, 2.75) is 65.1 Å². The molecule has 1 atom stereocenters. The van der Waals surface area contributed by atoms with E-state index in [-0.39, 0.29) is 46.0 Å². The minimum absolute atomic E-state index is 0. The van der Waals surface area contributed by atoms with Gasteiger partial charge in [0.2, 0.25) is 5.91 Å². The molecule has 0 saturated heterocycles. The Kier molecular flexibility index (Phi) is 11.9. The molecule has 1 aromatic rings. The molecule has 1 unspecified atom stereocenters. The average Bonchev–Trinajstić information content (AvgIpc) is 2.51. The Balaban J connectivity index is 0. The van der Waals surface area contributed by atoms with Gasteiger partial charge < -0.3 is 22.4 Å². The van der Waals surface area contributed by atoms with Crippen molar-refractivity contribution in [2.75, 3.05) is 14.1 Å². The Morgan fingerprint density at radius 3 is 2.00 bits per heavy atom. The molecule has 0 saturated carbocycles. The molecule has 1 amide bonds. The molecule has 0 fully saturated rings. The zero-order valence-electron chi connectivity index (χ0n) is 18.3. The van der Waals surface area contributed by atoms with Crippen LogP contribution in [0.2, 0.25) is 0 Å². The quantitative estimate of drug-likeness (QED) is 0.486. The summed E-state index contributed by atoms with van der Waals surface area (Å²) >= 11 is 0. The number of hydrogen-bond donors (Lipinski definition) is 0. The van der Waals surface area contributed by atoms with Crippen LogP contribution in [0, 0.1) is 14.4 Å². The summed E-state index contributed by atoms with van der Waals surface area (Å²) in [5, 5.41) is 4.13. The maximum absolute atomic E-state index is 12.8. The van der Waals surface area contributed by atoms with Gasteiger partial charge >= 0.3 is 5.97 Å². The second kappa shape index (κ2) is 11.3. The summed E-state index contributed by atoms with van der Waals surface area (Å²) in [7, 11) is 3.24. The Hall–Kier alpha value is -0.776. The molecule has 0 bridgehead atoms. The van der Waals surface area contributed by atoms with Crippen molar-refractivity contribution < 1.29 is 47.0 Å². The number of amides is 1. The minimum atomic E-state index is -0.887. The summed E-state index contributed by atoms with van der Waals surface area (Å²) in [4.78, 5) is 27.0. The number of benzene rings is 1. The van der Waals surface area contributed by atoms with Gasteiger partial charge in [-0.25, -0.2) is 4.79 Å². The molecule has 1 rings (SSSR count). The maximum atomic E-state index is 12.8. The van der Waals surface area contributed by atoms with Crippen LogP contribution in [0.4, 0.5) is 0 Å². The number of nitrogens with zero attached hydrogens (tertiary/aromatic N) is 2. The van der Waals surface area contributed by atoms with Crippen molar-refractivity contribution >= 4 is 11.9 Å². The van der Waals surface area contributed by atoms with E-state index < -0.39 is 23.2 Å². The summed E-state index contributed by atoms with van der Waals surface area (Å²) in [6, 6.07) is 7.24. The zero-order chi connectivity index (χ0) is 19.4. The SMILES string of the molecule is C[N-]C(C)(C)C(=O)N(C)C(Cc1ccc(C)cc1)C(=O)OC(C)(C)C.[CH3-].[Y]. The molecule has 5 nitrogen and oxygen atoms in total. The van der Waals surface area contributed by atoms with E-state index in [1.165, 1.54) is 4.90 Å². The maximum Gasteiger partial charge on any atom is 0.329 e. The van der Waals surface area contributed by atoms with E-state index in [0.29, 0.717) is 6.42 Å². The smallest absolute Gasteiger partial charge is 0.329 e. The van der Waals surface area contributed by atoms with Crippen molar-refractivity contribution in [1.29, 1.82) is 0 Å². The van der Waals surface area contributed by atoms with Crippen LogP contribution < -0.4 is 0 Å². The van der Waals surface area contributed by atoms with Crippen molar-refractivity contribution in [1.82, 2.24) is 4.90 Å². The fourth-order valence-electron chi connectivity index (χ4n) is 2.36. The predicted octanol–water partition coefficient (Wildman–Crippen LogP) is 3.94. The van der Waals surface area contributed by atoms with E-state index in [2.05, 4.69) is 5.32 Å². The first-order valence-corrected chi connectivity index (χ1v) is 8.54. The standard InChI is InChI=1S/C20H31N2O3.CH3.Y/c1-14-9-11-15(12-10-14)13-16(17(23)25-19(2,3)4)22(8)18(24)20(5,6)21-7;;/h9-12,16H,13H2,1-8H3;1H3;/q2*-1;. The van der Waals surface area contributed by atoms with E-state index in [4.69, 9.17) is 4.74 Å². The number of hydrogen-bond acceptors (Lipinski definition) is 3. The molecule has 0 heterocycles. The van der Waals surface area contributed by atoms with Crippen LogP contribution in [0.1, 0.15) is 45.7 Å². The Labute approximate surface area is 190 Å². The van der Waals surface area contributed by atoms with Gasteiger partial charge in [-0.15, -0.1) is 0 Å². The van der Waals surface area contributed by atoms with Gasteiger partial charge in [0.15, 0.2) is 0 Å². The molecule has 27 heavy (non-hydrogen) atoms. The van der Waals surface area contributed by atoms with E-state index >= 15 is 0 Å². The van der Waals surface area contributed by atoms with Gasteiger partial charge in [0.05, 0.1) is 0 Å². The number of likely N-dealkylation sites (N-methyl/N-ethyl adjacent to an activating group) is 2. The van der Waals surface area contributed by atoms with Crippen molar-refractivity contribution in [3.8, 4) is 0 Å². The predicted molar refractivity (Wildman–Crippen MR) is 107 cm³/mol. The third kappa shape index (κ3) is 8.84. The number of rotatable bonds is 6. The molecule has 1 aromatic carbocycles. The van der Waals surface area contributed by atoms with E-state index in [1.807, 2.05) is 52.0 Å². The van der Waals surface area contributed by atoms with Crippen molar-refractivity contribution in [3.05, 3.63) is 48.1 Å². The van der Waals surface area contributed by atoms with Crippen LogP contribution in [-0.2, 0) is 53.5 Å². The second-order valence-electron chi connectivity index (χ2n) is 7.94. The van der Waals surface area contributed by atoms with Gasteiger partial charge in [0, 0.05) is 46.2 Å². The summed E-state index contributed by atoms with van der Waals surface area (Å²) in [5.41, 5.74) is 0.625. The largest absolute Gasteiger partial charge is 0.652 e. The first kappa shape index (κ1) is 28.4. The molecule has 0 aliphatic rings. The molecule has 0 aliphatic carbocycles. The summed E-state index contributed by atoms with van der Waals surface area (Å²) in [5.74, 6) is -0.617. The van der Waals surface area contributed by atoms with E-state index in [9.17, 15) is 9.59 Å². The Morgan fingerprint density at radius 1 is 1.11 bits per heavy atom. The van der Waals surface area contributed by atoms with Crippen molar-refractivity contribution in [3.63, 3.8) is 0 Å². The van der Waals surface area contributed by atoms with E-state index in [1.54, 1.807) is 27.9 Å². The minimum Gasteiger partial charge on any atom is -0.652 e. The van der Waals surface area contributed by atoms with Gasteiger partial charge in [-0.3, -0.25) is 4.79 Å².